The van der Waals surface area contributed by atoms with Gasteiger partial charge in [-0.3, -0.25) is 4.79 Å². The smallest absolute Gasteiger partial charge is 0.259 e. The fourth-order valence-electron chi connectivity index (χ4n) is 1.89. The largest absolute Gasteiger partial charge is 0.493 e. The van der Waals surface area contributed by atoms with Crippen LogP contribution in [0.1, 0.15) is 10.4 Å². The summed E-state index contributed by atoms with van der Waals surface area (Å²) in [5, 5.41) is 3.03. The minimum absolute atomic E-state index is 0.244. The first kappa shape index (κ1) is 15.0. The molecule has 21 heavy (non-hydrogen) atoms. The van der Waals surface area contributed by atoms with Crippen molar-refractivity contribution in [3.05, 3.63) is 47.0 Å². The number of methoxy groups -OCH3 is 2. The normalized spacial score (nSPS) is 10.0. The van der Waals surface area contributed by atoms with Crippen LogP contribution in [-0.4, -0.2) is 20.1 Å². The Morgan fingerprint density at radius 2 is 1.86 bits per heavy atom. The third-order valence-corrected chi connectivity index (χ3v) is 3.23. The van der Waals surface area contributed by atoms with Gasteiger partial charge in [0.15, 0.2) is 11.5 Å². The zero-order valence-electron chi connectivity index (χ0n) is 11.6. The number of nitrogen functional groups attached to an aromatic ring is 1. The number of nitrogens with one attached hydrogen (secondary N) is 1. The fraction of sp³-hybridized carbons (Fsp3) is 0.133. The molecule has 0 atom stereocenters. The van der Waals surface area contributed by atoms with E-state index in [0.29, 0.717) is 27.9 Å². The van der Waals surface area contributed by atoms with Crippen LogP contribution in [0.5, 0.6) is 11.5 Å². The van der Waals surface area contributed by atoms with Crippen LogP contribution in [0.2, 0.25) is 5.02 Å². The number of hydrogen-bond acceptors (Lipinski definition) is 4. The van der Waals surface area contributed by atoms with Crippen molar-refractivity contribution in [2.45, 2.75) is 0 Å². The van der Waals surface area contributed by atoms with Crippen molar-refractivity contribution >= 4 is 28.9 Å². The molecule has 0 aliphatic carbocycles. The molecule has 5 nitrogen and oxygen atoms in total. The summed E-state index contributed by atoms with van der Waals surface area (Å²) in [4.78, 5) is 12.3. The first-order chi connectivity index (χ1) is 10.1. The molecule has 0 heterocycles. The number of amides is 1. The molecule has 0 aromatic heterocycles. The Hall–Kier alpha value is -2.40. The molecule has 0 unspecified atom stereocenters. The predicted molar refractivity (Wildman–Crippen MR) is 83.4 cm³/mol. The number of hydrogen-bond donors (Lipinski definition) is 2. The van der Waals surface area contributed by atoms with Gasteiger partial charge in [0.1, 0.15) is 0 Å². The van der Waals surface area contributed by atoms with Gasteiger partial charge in [0.25, 0.3) is 5.91 Å². The molecule has 0 saturated carbocycles. The van der Waals surface area contributed by atoms with E-state index in [9.17, 15) is 4.79 Å². The molecule has 0 aliphatic heterocycles. The Morgan fingerprint density at radius 3 is 2.48 bits per heavy atom. The van der Waals surface area contributed by atoms with Crippen LogP contribution in [0.25, 0.3) is 0 Å². The molecule has 110 valence electrons. The van der Waals surface area contributed by atoms with E-state index in [4.69, 9.17) is 26.8 Å². The van der Waals surface area contributed by atoms with E-state index < -0.39 is 0 Å². The van der Waals surface area contributed by atoms with Gasteiger partial charge < -0.3 is 20.5 Å². The second-order valence-electron chi connectivity index (χ2n) is 4.23. The van der Waals surface area contributed by atoms with Gasteiger partial charge >= 0.3 is 0 Å². The van der Waals surface area contributed by atoms with E-state index in [0.717, 1.165) is 0 Å². The Morgan fingerprint density at radius 1 is 1.14 bits per heavy atom. The molecule has 0 bridgehead atoms. The lowest BCUT2D eigenvalue weighted by atomic mass is 10.1. The van der Waals surface area contributed by atoms with Crippen LogP contribution < -0.4 is 20.5 Å². The summed E-state index contributed by atoms with van der Waals surface area (Å²) in [5.41, 5.74) is 6.90. The number of anilines is 2. The van der Waals surface area contributed by atoms with Gasteiger partial charge in [0.05, 0.1) is 24.8 Å². The van der Waals surface area contributed by atoms with E-state index in [-0.39, 0.29) is 11.5 Å². The molecule has 6 heteroatoms. The van der Waals surface area contributed by atoms with Crippen LogP contribution in [0.4, 0.5) is 11.4 Å². The Bertz CT molecular complexity index is 654. The maximum atomic E-state index is 12.3. The second-order valence-corrected chi connectivity index (χ2v) is 4.64. The number of nitrogens with two attached hydrogens (primary N) is 1. The number of halogens is 1. The summed E-state index contributed by atoms with van der Waals surface area (Å²) < 4.78 is 10.3. The van der Waals surface area contributed by atoms with Crippen molar-refractivity contribution < 1.29 is 14.3 Å². The van der Waals surface area contributed by atoms with Crippen LogP contribution in [0, 0.1) is 0 Å². The average molecular weight is 307 g/mol. The highest BCUT2D eigenvalue weighted by atomic mass is 35.5. The number of ether oxygens (including phenoxy) is 2. The lowest BCUT2D eigenvalue weighted by Gasteiger charge is -2.12. The van der Waals surface area contributed by atoms with Gasteiger partial charge in [-0.15, -0.1) is 0 Å². The summed E-state index contributed by atoms with van der Waals surface area (Å²) in [6.45, 7) is 0. The predicted octanol–water partition coefficient (Wildman–Crippen LogP) is 3.19. The van der Waals surface area contributed by atoms with Gasteiger partial charge in [-0.05, 0) is 24.3 Å². The third kappa shape index (κ3) is 3.20. The van der Waals surface area contributed by atoms with Gasteiger partial charge in [-0.25, -0.2) is 0 Å². The van der Waals surface area contributed by atoms with E-state index >= 15 is 0 Å². The van der Waals surface area contributed by atoms with Crippen molar-refractivity contribution in [1.82, 2.24) is 0 Å². The number of rotatable bonds is 4. The van der Waals surface area contributed by atoms with Crippen molar-refractivity contribution in [2.24, 2.45) is 0 Å². The van der Waals surface area contributed by atoms with Gasteiger partial charge in [-0.1, -0.05) is 17.7 Å². The molecule has 2 aromatic carbocycles. The molecular weight excluding hydrogens is 292 g/mol. The monoisotopic (exact) mass is 306 g/mol. The van der Waals surface area contributed by atoms with E-state index in [2.05, 4.69) is 5.32 Å². The Balaban J connectivity index is 2.28. The lowest BCUT2D eigenvalue weighted by molar-refractivity contribution is 0.102. The Labute approximate surface area is 127 Å². The number of benzene rings is 2. The molecule has 1 amide bonds. The highest BCUT2D eigenvalue weighted by Gasteiger charge is 2.15. The molecule has 0 fully saturated rings. The standard InChI is InChI=1S/C15H15ClN2O3/c1-20-12-7-6-9(8-13(12)21-2)18-15(19)14-10(16)4-3-5-11(14)17/h3-8H,17H2,1-2H3,(H,18,19). The molecule has 0 saturated heterocycles. The zero-order chi connectivity index (χ0) is 15.4. The lowest BCUT2D eigenvalue weighted by Crippen LogP contribution is -2.14. The molecule has 2 aromatic rings. The van der Waals surface area contributed by atoms with Crippen molar-refractivity contribution in [1.29, 1.82) is 0 Å². The fourth-order valence-corrected chi connectivity index (χ4v) is 2.16. The van der Waals surface area contributed by atoms with Gasteiger partial charge in [0, 0.05) is 17.4 Å². The van der Waals surface area contributed by atoms with Crippen LogP contribution in [0.3, 0.4) is 0 Å². The summed E-state index contributed by atoms with van der Waals surface area (Å²) in [6.07, 6.45) is 0. The van der Waals surface area contributed by atoms with Crippen molar-refractivity contribution in [3.8, 4) is 11.5 Å². The van der Waals surface area contributed by atoms with Gasteiger partial charge in [0.2, 0.25) is 0 Å². The molecule has 3 N–H and O–H groups in total. The first-order valence-corrected chi connectivity index (χ1v) is 6.52. The van der Waals surface area contributed by atoms with E-state index in [1.54, 1.807) is 43.5 Å². The van der Waals surface area contributed by atoms with Crippen LogP contribution in [0.15, 0.2) is 36.4 Å². The minimum atomic E-state index is -0.384. The molecule has 2 rings (SSSR count). The molecule has 0 radical (unpaired) electrons. The highest BCUT2D eigenvalue weighted by Crippen LogP contribution is 2.30. The Kier molecular flexibility index (Phi) is 4.55. The summed E-state index contributed by atoms with van der Waals surface area (Å²) in [6, 6.07) is 9.97. The molecule has 0 aliphatic rings. The zero-order valence-corrected chi connectivity index (χ0v) is 12.4. The topological polar surface area (TPSA) is 73.6 Å². The molecule has 0 spiro atoms. The summed E-state index contributed by atoms with van der Waals surface area (Å²) >= 11 is 6.01. The van der Waals surface area contributed by atoms with Crippen molar-refractivity contribution in [3.63, 3.8) is 0 Å². The maximum absolute atomic E-state index is 12.3. The minimum Gasteiger partial charge on any atom is -0.493 e. The van der Waals surface area contributed by atoms with Crippen LogP contribution in [-0.2, 0) is 0 Å². The average Bonchev–Trinajstić information content (AvgIpc) is 2.46. The highest BCUT2D eigenvalue weighted by molar-refractivity contribution is 6.35. The quantitative estimate of drug-likeness (QED) is 0.851. The van der Waals surface area contributed by atoms with E-state index in [1.165, 1.54) is 7.11 Å². The maximum Gasteiger partial charge on any atom is 0.259 e. The van der Waals surface area contributed by atoms with Crippen LogP contribution >= 0.6 is 11.6 Å². The van der Waals surface area contributed by atoms with Crippen molar-refractivity contribution in [2.75, 3.05) is 25.3 Å². The summed E-state index contributed by atoms with van der Waals surface area (Å²) in [7, 11) is 3.07. The van der Waals surface area contributed by atoms with E-state index in [1.807, 2.05) is 0 Å². The summed E-state index contributed by atoms with van der Waals surface area (Å²) in [5.74, 6) is 0.709. The second kappa shape index (κ2) is 6.37. The third-order valence-electron chi connectivity index (χ3n) is 2.91. The number of carbonyl (C=O) groups is 1. The first-order valence-electron chi connectivity index (χ1n) is 6.14. The SMILES string of the molecule is COc1ccc(NC(=O)c2c(N)cccc2Cl)cc1OC. The number of carbonyl (C=O) groups excluding carboxylic acids is 1. The van der Waals surface area contributed by atoms with Gasteiger partial charge in [-0.2, -0.15) is 0 Å². The molecular formula is C15H15ClN2O3.